The Morgan fingerprint density at radius 2 is 2.18 bits per heavy atom. The van der Waals surface area contributed by atoms with E-state index in [1.807, 2.05) is 36.6 Å². The highest BCUT2D eigenvalue weighted by Crippen LogP contribution is 2.26. The highest BCUT2D eigenvalue weighted by atomic mass is 32.1. The van der Waals surface area contributed by atoms with Gasteiger partial charge in [-0.25, -0.2) is 4.98 Å². The molecule has 1 heterocycles. The van der Waals surface area contributed by atoms with Crippen molar-refractivity contribution in [2.75, 3.05) is 13.7 Å². The van der Waals surface area contributed by atoms with Gasteiger partial charge in [0.15, 0.2) is 11.5 Å². The van der Waals surface area contributed by atoms with Crippen molar-refractivity contribution >= 4 is 23.3 Å². The largest absolute Gasteiger partial charge is 0.493 e. The predicted octanol–water partition coefficient (Wildman–Crippen LogP) is 2.75. The fourth-order valence-electron chi connectivity index (χ4n) is 1.74. The number of nitrogens with zero attached hydrogens (tertiary/aromatic N) is 1. The van der Waals surface area contributed by atoms with Gasteiger partial charge in [0.1, 0.15) is 6.10 Å². The summed E-state index contributed by atoms with van der Waals surface area (Å²) in [5.74, 6) is 1.15. The normalized spacial score (nSPS) is 12.1. The fourth-order valence-corrected chi connectivity index (χ4v) is 2.27. The molecule has 5 nitrogen and oxygen atoms in total. The molecule has 22 heavy (non-hydrogen) atoms. The maximum absolute atomic E-state index is 11.7. The number of aromatic nitrogens is 1. The third kappa shape index (κ3) is 4.89. The third-order valence-corrected chi connectivity index (χ3v) is 3.42. The Labute approximate surface area is 133 Å². The van der Waals surface area contributed by atoms with Crippen LogP contribution in [0.4, 0.5) is 0 Å². The highest BCUT2D eigenvalue weighted by molar-refractivity contribution is 7.07. The summed E-state index contributed by atoms with van der Waals surface area (Å²) in [6, 6.07) is 7.41. The number of carbonyl (C=O) groups is 1. The standard InChI is InChI=1S/C16H18N2O3S/c1-12(21-15-6-4-3-5-14(15)20-2)9-17-16(19)8-7-13-10-22-11-18-13/h3-8,10-12H,9H2,1-2H3,(H,17,19)/b8-7+/t12-/m0/s1. The van der Waals surface area contributed by atoms with E-state index >= 15 is 0 Å². The van der Waals surface area contributed by atoms with Gasteiger partial charge >= 0.3 is 0 Å². The van der Waals surface area contributed by atoms with Crippen molar-refractivity contribution in [3.63, 3.8) is 0 Å². The molecule has 0 aliphatic carbocycles. The van der Waals surface area contributed by atoms with Crippen molar-refractivity contribution in [1.82, 2.24) is 10.3 Å². The van der Waals surface area contributed by atoms with E-state index in [4.69, 9.17) is 9.47 Å². The predicted molar refractivity (Wildman–Crippen MR) is 87.2 cm³/mol. The van der Waals surface area contributed by atoms with Gasteiger partial charge in [0.25, 0.3) is 0 Å². The topological polar surface area (TPSA) is 60.5 Å². The van der Waals surface area contributed by atoms with Gasteiger partial charge < -0.3 is 14.8 Å². The van der Waals surface area contributed by atoms with Crippen LogP contribution in [-0.2, 0) is 4.79 Å². The van der Waals surface area contributed by atoms with Crippen molar-refractivity contribution < 1.29 is 14.3 Å². The van der Waals surface area contributed by atoms with Crippen molar-refractivity contribution in [1.29, 1.82) is 0 Å². The number of carbonyl (C=O) groups excluding carboxylic acids is 1. The van der Waals surface area contributed by atoms with Gasteiger partial charge in [0, 0.05) is 11.5 Å². The molecule has 0 fully saturated rings. The molecular formula is C16H18N2O3S. The molecule has 1 N–H and O–H groups in total. The molecule has 1 atom stereocenters. The van der Waals surface area contributed by atoms with E-state index in [-0.39, 0.29) is 12.0 Å². The summed E-state index contributed by atoms with van der Waals surface area (Å²) in [4.78, 5) is 15.8. The molecule has 2 aromatic rings. The Morgan fingerprint density at radius 1 is 1.41 bits per heavy atom. The van der Waals surface area contributed by atoms with E-state index in [0.29, 0.717) is 18.0 Å². The first-order valence-corrected chi connectivity index (χ1v) is 7.77. The molecule has 0 radical (unpaired) electrons. The Balaban J connectivity index is 1.80. The van der Waals surface area contributed by atoms with E-state index in [2.05, 4.69) is 10.3 Å². The van der Waals surface area contributed by atoms with Crippen LogP contribution in [0.3, 0.4) is 0 Å². The Bertz CT molecular complexity index is 626. The minimum atomic E-state index is -0.177. The molecule has 0 aliphatic heterocycles. The molecule has 0 saturated heterocycles. The van der Waals surface area contributed by atoms with Gasteiger partial charge in [0.05, 0.1) is 24.9 Å². The number of amides is 1. The monoisotopic (exact) mass is 318 g/mol. The van der Waals surface area contributed by atoms with Crippen LogP contribution < -0.4 is 14.8 Å². The lowest BCUT2D eigenvalue weighted by atomic mass is 10.3. The first kappa shape index (κ1) is 16.0. The molecule has 0 bridgehead atoms. The van der Waals surface area contributed by atoms with Crippen molar-refractivity contribution in [2.24, 2.45) is 0 Å². The SMILES string of the molecule is COc1ccccc1O[C@@H](C)CNC(=O)/C=C/c1cscn1. The summed E-state index contributed by atoms with van der Waals surface area (Å²) in [5.41, 5.74) is 2.50. The Morgan fingerprint density at radius 3 is 2.86 bits per heavy atom. The van der Waals surface area contributed by atoms with E-state index in [9.17, 15) is 4.79 Å². The van der Waals surface area contributed by atoms with Gasteiger partial charge in [0.2, 0.25) is 5.91 Å². The summed E-state index contributed by atoms with van der Waals surface area (Å²) in [6.45, 7) is 2.29. The van der Waals surface area contributed by atoms with Gasteiger partial charge in [-0.3, -0.25) is 4.79 Å². The van der Waals surface area contributed by atoms with E-state index in [0.717, 1.165) is 5.69 Å². The lowest BCUT2D eigenvalue weighted by Crippen LogP contribution is -2.32. The van der Waals surface area contributed by atoms with Crippen molar-refractivity contribution in [3.8, 4) is 11.5 Å². The number of nitrogens with one attached hydrogen (secondary N) is 1. The molecule has 0 aliphatic rings. The maximum Gasteiger partial charge on any atom is 0.244 e. The summed E-state index contributed by atoms with van der Waals surface area (Å²) >= 11 is 1.49. The first-order chi connectivity index (χ1) is 10.7. The number of ether oxygens (including phenoxy) is 2. The van der Waals surface area contributed by atoms with Gasteiger partial charge in [-0.1, -0.05) is 12.1 Å². The summed E-state index contributed by atoms with van der Waals surface area (Å²) in [6.07, 6.45) is 2.97. The molecule has 0 unspecified atom stereocenters. The van der Waals surface area contributed by atoms with E-state index < -0.39 is 0 Å². The van der Waals surface area contributed by atoms with E-state index in [1.54, 1.807) is 18.7 Å². The lowest BCUT2D eigenvalue weighted by molar-refractivity contribution is -0.116. The average molecular weight is 318 g/mol. The van der Waals surface area contributed by atoms with Crippen LogP contribution in [0.1, 0.15) is 12.6 Å². The molecular weight excluding hydrogens is 300 g/mol. The van der Waals surface area contributed by atoms with Gasteiger partial charge in [-0.05, 0) is 25.1 Å². The molecule has 116 valence electrons. The quantitative estimate of drug-likeness (QED) is 0.798. The first-order valence-electron chi connectivity index (χ1n) is 6.83. The van der Waals surface area contributed by atoms with Crippen LogP contribution >= 0.6 is 11.3 Å². The number of benzene rings is 1. The minimum absolute atomic E-state index is 0.173. The second-order valence-electron chi connectivity index (χ2n) is 4.57. The van der Waals surface area contributed by atoms with Gasteiger partial charge in [-0.15, -0.1) is 11.3 Å². The fraction of sp³-hybridized carbons (Fsp3) is 0.250. The molecule has 2 rings (SSSR count). The van der Waals surface area contributed by atoms with Gasteiger partial charge in [-0.2, -0.15) is 0 Å². The summed E-state index contributed by atoms with van der Waals surface area (Å²) in [5, 5.41) is 4.66. The lowest BCUT2D eigenvalue weighted by Gasteiger charge is -2.16. The van der Waals surface area contributed by atoms with Crippen LogP contribution in [-0.4, -0.2) is 30.6 Å². The molecule has 1 amide bonds. The number of rotatable bonds is 7. The van der Waals surface area contributed by atoms with Crippen molar-refractivity contribution in [3.05, 3.63) is 46.9 Å². The summed E-state index contributed by atoms with van der Waals surface area (Å²) in [7, 11) is 1.60. The Kier molecular flexibility index (Phi) is 5.97. The van der Waals surface area contributed by atoms with Crippen molar-refractivity contribution in [2.45, 2.75) is 13.0 Å². The zero-order valence-electron chi connectivity index (χ0n) is 12.5. The smallest absolute Gasteiger partial charge is 0.244 e. The number of hydrogen-bond acceptors (Lipinski definition) is 5. The highest BCUT2D eigenvalue weighted by Gasteiger charge is 2.09. The average Bonchev–Trinajstić information content (AvgIpc) is 3.05. The molecule has 1 aromatic heterocycles. The molecule has 0 spiro atoms. The number of methoxy groups -OCH3 is 1. The minimum Gasteiger partial charge on any atom is -0.493 e. The number of thiazole rings is 1. The molecule has 0 saturated carbocycles. The second-order valence-corrected chi connectivity index (χ2v) is 5.29. The third-order valence-electron chi connectivity index (χ3n) is 2.82. The second kappa shape index (κ2) is 8.19. The van der Waals surface area contributed by atoms with Crippen LogP contribution in [0, 0.1) is 0 Å². The number of para-hydroxylation sites is 2. The molecule has 6 heteroatoms. The maximum atomic E-state index is 11.7. The zero-order valence-corrected chi connectivity index (χ0v) is 13.3. The summed E-state index contributed by atoms with van der Waals surface area (Å²) < 4.78 is 11.0. The van der Waals surface area contributed by atoms with Crippen LogP contribution in [0.2, 0.25) is 0 Å². The number of hydrogen-bond donors (Lipinski definition) is 1. The van der Waals surface area contributed by atoms with E-state index in [1.165, 1.54) is 17.4 Å². The molecule has 1 aromatic carbocycles. The van der Waals surface area contributed by atoms with Crippen LogP contribution in [0.25, 0.3) is 6.08 Å². The van der Waals surface area contributed by atoms with Crippen LogP contribution in [0.5, 0.6) is 11.5 Å². The zero-order chi connectivity index (χ0) is 15.8. The Hall–Kier alpha value is -2.34. The van der Waals surface area contributed by atoms with Crippen LogP contribution in [0.15, 0.2) is 41.2 Å².